The van der Waals surface area contributed by atoms with E-state index in [2.05, 4.69) is 0 Å². The van der Waals surface area contributed by atoms with Gasteiger partial charge in [0, 0.05) is 5.56 Å². The first kappa shape index (κ1) is 13.2. The maximum atomic E-state index is 14.0. The molecule has 1 heterocycles. The molecule has 1 aromatic rings. The lowest BCUT2D eigenvalue weighted by molar-refractivity contribution is 0.561. The van der Waals surface area contributed by atoms with Gasteiger partial charge in [0.1, 0.15) is 11.6 Å². The summed E-state index contributed by atoms with van der Waals surface area (Å²) in [6, 6.07) is 3.00. The smallest absolute Gasteiger partial charge is 0.131 e. The summed E-state index contributed by atoms with van der Waals surface area (Å²) in [6.45, 7) is 2.01. The summed E-state index contributed by atoms with van der Waals surface area (Å²) in [7, 11) is 0. The van der Waals surface area contributed by atoms with Crippen LogP contribution >= 0.6 is 23.5 Å². The van der Waals surface area contributed by atoms with E-state index in [4.69, 9.17) is 0 Å². The third-order valence-electron chi connectivity index (χ3n) is 2.74. The molecule has 17 heavy (non-hydrogen) atoms. The third kappa shape index (κ3) is 3.16. The van der Waals surface area contributed by atoms with Crippen LogP contribution in [0, 0.1) is 11.6 Å². The van der Waals surface area contributed by atoms with Gasteiger partial charge in [0.25, 0.3) is 0 Å². The van der Waals surface area contributed by atoms with E-state index in [0.29, 0.717) is 0 Å². The maximum absolute atomic E-state index is 14.0. The molecule has 1 fully saturated rings. The van der Waals surface area contributed by atoms with Gasteiger partial charge in [-0.2, -0.15) is 0 Å². The first-order chi connectivity index (χ1) is 8.22. The van der Waals surface area contributed by atoms with Gasteiger partial charge in [-0.1, -0.05) is 13.3 Å². The summed E-state index contributed by atoms with van der Waals surface area (Å²) in [5.41, 5.74) is 1.02. The molecule has 0 saturated carbocycles. The molecular weight excluding hydrogens is 258 g/mol. The number of halogens is 2. The first-order valence-corrected chi connectivity index (χ1v) is 8.03. The van der Waals surface area contributed by atoms with Crippen LogP contribution < -0.4 is 0 Å². The van der Waals surface area contributed by atoms with Gasteiger partial charge in [-0.25, -0.2) is 8.78 Å². The van der Waals surface area contributed by atoms with Gasteiger partial charge in [0.2, 0.25) is 0 Å². The van der Waals surface area contributed by atoms with Crippen LogP contribution in [-0.4, -0.2) is 11.5 Å². The lowest BCUT2D eigenvalue weighted by Gasteiger charge is -2.22. The Hall–Kier alpha value is -0.220. The van der Waals surface area contributed by atoms with Crippen molar-refractivity contribution in [3.05, 3.63) is 34.9 Å². The van der Waals surface area contributed by atoms with Crippen LogP contribution in [0.25, 0.3) is 0 Å². The van der Waals surface area contributed by atoms with Gasteiger partial charge < -0.3 is 0 Å². The second-order valence-electron chi connectivity index (χ2n) is 4.15. The van der Waals surface area contributed by atoms with Crippen molar-refractivity contribution in [1.82, 2.24) is 0 Å². The fourth-order valence-electron chi connectivity index (χ4n) is 1.95. The van der Waals surface area contributed by atoms with Gasteiger partial charge in [-0.3, -0.25) is 0 Å². The van der Waals surface area contributed by atoms with E-state index in [1.165, 1.54) is 12.1 Å². The third-order valence-corrected chi connectivity index (χ3v) is 5.68. The van der Waals surface area contributed by atoms with Gasteiger partial charge in [-0.15, -0.1) is 23.5 Å². The second-order valence-corrected chi connectivity index (χ2v) is 6.87. The molecule has 1 aromatic carbocycles. The van der Waals surface area contributed by atoms with E-state index >= 15 is 0 Å². The Bertz CT molecular complexity index is 364. The number of hydrogen-bond acceptors (Lipinski definition) is 2. The summed E-state index contributed by atoms with van der Waals surface area (Å²) in [5.74, 6) is 1.24. The fourth-order valence-corrected chi connectivity index (χ4v) is 4.93. The van der Waals surface area contributed by atoms with Crippen molar-refractivity contribution in [1.29, 1.82) is 0 Å². The molecule has 0 atom stereocenters. The molecule has 0 radical (unpaired) electrons. The van der Waals surface area contributed by atoms with Crippen LogP contribution in [0.2, 0.25) is 0 Å². The lowest BCUT2D eigenvalue weighted by Crippen LogP contribution is -2.06. The molecule has 0 spiro atoms. The first-order valence-electron chi connectivity index (χ1n) is 5.93. The van der Waals surface area contributed by atoms with E-state index < -0.39 is 0 Å². The highest BCUT2D eigenvalue weighted by Crippen LogP contribution is 2.45. The molecule has 0 unspecified atom stereocenters. The Morgan fingerprint density at radius 2 is 1.76 bits per heavy atom. The molecule has 0 aromatic heterocycles. The molecular formula is C13H16F2S2. The molecule has 0 aliphatic carbocycles. The lowest BCUT2D eigenvalue weighted by atomic mass is 10.1. The average Bonchev–Trinajstić information content (AvgIpc) is 2.30. The van der Waals surface area contributed by atoms with Crippen LogP contribution in [0.1, 0.15) is 35.5 Å². The van der Waals surface area contributed by atoms with E-state index in [1.807, 2.05) is 6.92 Å². The Morgan fingerprint density at radius 3 is 2.29 bits per heavy atom. The highest BCUT2D eigenvalue weighted by molar-refractivity contribution is 8.16. The monoisotopic (exact) mass is 274 g/mol. The van der Waals surface area contributed by atoms with Gasteiger partial charge in [0.05, 0.1) is 4.58 Å². The van der Waals surface area contributed by atoms with E-state index in [0.717, 1.165) is 36.3 Å². The molecule has 0 nitrogen and oxygen atoms in total. The fraction of sp³-hybridized carbons (Fsp3) is 0.538. The topological polar surface area (TPSA) is 0 Å². The van der Waals surface area contributed by atoms with Crippen LogP contribution in [0.15, 0.2) is 12.1 Å². The number of hydrogen-bond donors (Lipinski definition) is 0. The van der Waals surface area contributed by atoms with Crippen LogP contribution in [0.4, 0.5) is 8.78 Å². The normalized spacial score (nSPS) is 17.4. The zero-order valence-electron chi connectivity index (χ0n) is 9.84. The molecule has 0 bridgehead atoms. The largest absolute Gasteiger partial charge is 0.207 e. The Balaban J connectivity index is 2.27. The van der Waals surface area contributed by atoms with E-state index in [-0.39, 0.29) is 21.8 Å². The van der Waals surface area contributed by atoms with Crippen molar-refractivity contribution in [2.24, 2.45) is 0 Å². The summed E-state index contributed by atoms with van der Waals surface area (Å²) in [4.78, 5) is 0. The van der Waals surface area contributed by atoms with Gasteiger partial charge in [-0.05, 0) is 42.0 Å². The predicted octanol–water partition coefficient (Wildman–Crippen LogP) is 4.79. The number of thioether (sulfide) groups is 2. The molecule has 2 rings (SSSR count). The molecule has 1 aliphatic rings. The summed E-state index contributed by atoms with van der Waals surface area (Å²) >= 11 is 3.29. The van der Waals surface area contributed by atoms with E-state index in [9.17, 15) is 8.78 Å². The molecule has 0 N–H and O–H groups in total. The van der Waals surface area contributed by atoms with Crippen LogP contribution in [-0.2, 0) is 6.42 Å². The van der Waals surface area contributed by atoms with Crippen molar-refractivity contribution < 1.29 is 8.78 Å². The minimum atomic E-state index is -0.375. The zero-order chi connectivity index (χ0) is 12.3. The highest BCUT2D eigenvalue weighted by Gasteiger charge is 2.24. The molecule has 4 heteroatoms. The predicted molar refractivity (Wildman–Crippen MR) is 72.6 cm³/mol. The number of aryl methyl sites for hydroxylation is 1. The van der Waals surface area contributed by atoms with Crippen LogP contribution in [0.3, 0.4) is 0 Å². The second kappa shape index (κ2) is 6.10. The quantitative estimate of drug-likeness (QED) is 0.777. The van der Waals surface area contributed by atoms with Crippen molar-refractivity contribution in [2.75, 3.05) is 11.5 Å². The minimum absolute atomic E-state index is 0.0700. The average molecular weight is 274 g/mol. The molecule has 94 valence electrons. The summed E-state index contributed by atoms with van der Waals surface area (Å²) < 4.78 is 27.8. The molecule has 1 saturated heterocycles. The zero-order valence-corrected chi connectivity index (χ0v) is 11.5. The Labute approximate surface area is 110 Å². The molecule has 0 amide bonds. The highest BCUT2D eigenvalue weighted by atomic mass is 32.2. The van der Waals surface area contributed by atoms with Crippen molar-refractivity contribution in [2.45, 2.75) is 30.8 Å². The van der Waals surface area contributed by atoms with Crippen molar-refractivity contribution in [3.63, 3.8) is 0 Å². The standard InChI is InChI=1S/C13H16F2S2/c1-2-4-9-7-10(14)12(11(15)8-9)13-16-5-3-6-17-13/h7-8,13H,2-6H2,1H3. The Kier molecular flexibility index (Phi) is 4.74. The van der Waals surface area contributed by atoms with Gasteiger partial charge >= 0.3 is 0 Å². The number of rotatable bonds is 3. The maximum Gasteiger partial charge on any atom is 0.131 e. The summed E-state index contributed by atoms with van der Waals surface area (Å²) in [5, 5.41) is 0. The molecule has 1 aliphatic heterocycles. The minimum Gasteiger partial charge on any atom is -0.207 e. The number of benzene rings is 1. The van der Waals surface area contributed by atoms with Crippen LogP contribution in [0.5, 0.6) is 0 Å². The van der Waals surface area contributed by atoms with E-state index in [1.54, 1.807) is 23.5 Å². The van der Waals surface area contributed by atoms with Crippen molar-refractivity contribution >= 4 is 23.5 Å². The van der Waals surface area contributed by atoms with Crippen molar-refractivity contribution in [3.8, 4) is 0 Å². The van der Waals surface area contributed by atoms with Gasteiger partial charge in [0.15, 0.2) is 0 Å². The summed E-state index contributed by atoms with van der Waals surface area (Å²) in [6.07, 6.45) is 2.77. The Morgan fingerprint density at radius 1 is 1.18 bits per heavy atom. The SMILES string of the molecule is CCCc1cc(F)c(C2SCCCS2)c(F)c1.